The Morgan fingerprint density at radius 3 is 2.38 bits per heavy atom. The standard InChI is InChI=1S/C21H15F4N3S/c1-11-17(13-6-8-15(22)9-7-13)18-19(26-12(2)27-20(18)29-11)28-16-5-3-4-14(10-16)21(23,24)25/h3-10H,1-2H3,(H,26,27,28). The van der Waals surface area contributed by atoms with Crippen LogP contribution < -0.4 is 5.32 Å². The molecule has 0 radical (unpaired) electrons. The molecule has 1 N–H and O–H groups in total. The van der Waals surface area contributed by atoms with Crippen molar-refractivity contribution < 1.29 is 17.6 Å². The lowest BCUT2D eigenvalue weighted by atomic mass is 10.0. The van der Waals surface area contributed by atoms with Crippen LogP contribution in [-0.4, -0.2) is 9.97 Å². The maximum atomic E-state index is 13.4. The van der Waals surface area contributed by atoms with E-state index in [4.69, 9.17) is 0 Å². The van der Waals surface area contributed by atoms with E-state index in [1.807, 2.05) is 6.92 Å². The van der Waals surface area contributed by atoms with E-state index in [0.717, 1.165) is 28.1 Å². The summed E-state index contributed by atoms with van der Waals surface area (Å²) in [5.74, 6) is 0.565. The third-order valence-electron chi connectivity index (χ3n) is 4.42. The Labute approximate surface area is 168 Å². The zero-order valence-corrected chi connectivity index (χ0v) is 16.2. The van der Waals surface area contributed by atoms with Gasteiger partial charge >= 0.3 is 6.18 Å². The van der Waals surface area contributed by atoms with E-state index in [9.17, 15) is 17.6 Å². The normalized spacial score (nSPS) is 11.8. The van der Waals surface area contributed by atoms with E-state index < -0.39 is 11.7 Å². The summed E-state index contributed by atoms with van der Waals surface area (Å²) in [4.78, 5) is 10.6. The van der Waals surface area contributed by atoms with Crippen LogP contribution in [0.1, 0.15) is 16.3 Å². The Morgan fingerprint density at radius 1 is 0.966 bits per heavy atom. The summed E-state index contributed by atoms with van der Waals surface area (Å²) in [6.45, 7) is 3.65. The van der Waals surface area contributed by atoms with Crippen LogP contribution in [0.4, 0.5) is 29.1 Å². The molecule has 4 aromatic rings. The minimum atomic E-state index is -4.44. The monoisotopic (exact) mass is 417 g/mol. The van der Waals surface area contributed by atoms with Gasteiger partial charge < -0.3 is 5.32 Å². The summed E-state index contributed by atoms with van der Waals surface area (Å²) in [7, 11) is 0. The number of nitrogens with zero attached hydrogens (tertiary/aromatic N) is 2. The molecular formula is C21H15F4N3S. The zero-order valence-electron chi connectivity index (χ0n) is 15.4. The number of thiophene rings is 1. The average Bonchev–Trinajstić information content (AvgIpc) is 2.98. The molecule has 0 aliphatic rings. The predicted octanol–water partition coefficient (Wildman–Crippen LogP) is 6.88. The molecule has 3 nitrogen and oxygen atoms in total. The summed E-state index contributed by atoms with van der Waals surface area (Å²) in [6, 6.07) is 11.0. The second kappa shape index (κ2) is 7.11. The van der Waals surface area contributed by atoms with E-state index in [0.29, 0.717) is 21.9 Å². The number of hydrogen-bond acceptors (Lipinski definition) is 4. The highest BCUT2D eigenvalue weighted by molar-refractivity contribution is 7.19. The Kier molecular flexibility index (Phi) is 4.74. The van der Waals surface area contributed by atoms with E-state index in [1.165, 1.54) is 29.5 Å². The minimum absolute atomic E-state index is 0.271. The molecule has 2 aromatic carbocycles. The van der Waals surface area contributed by atoms with Gasteiger partial charge in [-0.15, -0.1) is 11.3 Å². The van der Waals surface area contributed by atoms with Gasteiger partial charge in [-0.3, -0.25) is 0 Å². The first kappa shape index (κ1) is 19.3. The molecule has 0 saturated carbocycles. The van der Waals surface area contributed by atoms with Crippen molar-refractivity contribution in [2.24, 2.45) is 0 Å². The van der Waals surface area contributed by atoms with E-state index >= 15 is 0 Å². The highest BCUT2D eigenvalue weighted by Gasteiger charge is 2.30. The van der Waals surface area contributed by atoms with Crippen LogP contribution in [0.25, 0.3) is 21.3 Å². The number of anilines is 2. The van der Waals surface area contributed by atoms with Crippen LogP contribution in [0.2, 0.25) is 0 Å². The molecule has 8 heteroatoms. The first-order chi connectivity index (χ1) is 13.7. The van der Waals surface area contributed by atoms with Crippen molar-refractivity contribution >= 4 is 33.1 Å². The Hall–Kier alpha value is -3.00. The van der Waals surface area contributed by atoms with Crippen LogP contribution in [-0.2, 0) is 6.18 Å². The number of alkyl halides is 3. The maximum Gasteiger partial charge on any atom is 0.416 e. The van der Waals surface area contributed by atoms with Gasteiger partial charge in [0.2, 0.25) is 0 Å². The van der Waals surface area contributed by atoms with Crippen LogP contribution in [0, 0.1) is 19.7 Å². The van der Waals surface area contributed by atoms with Gasteiger partial charge in [0.05, 0.1) is 10.9 Å². The lowest BCUT2D eigenvalue weighted by Gasteiger charge is -2.12. The topological polar surface area (TPSA) is 37.8 Å². The molecule has 0 spiro atoms. The van der Waals surface area contributed by atoms with E-state index in [2.05, 4.69) is 15.3 Å². The van der Waals surface area contributed by atoms with Gasteiger partial charge in [0.1, 0.15) is 22.3 Å². The first-order valence-electron chi connectivity index (χ1n) is 8.70. The largest absolute Gasteiger partial charge is 0.416 e. The lowest BCUT2D eigenvalue weighted by Crippen LogP contribution is -2.05. The van der Waals surface area contributed by atoms with Crippen molar-refractivity contribution in [1.82, 2.24) is 9.97 Å². The van der Waals surface area contributed by atoms with Crippen molar-refractivity contribution in [2.45, 2.75) is 20.0 Å². The third-order valence-corrected chi connectivity index (χ3v) is 5.42. The van der Waals surface area contributed by atoms with E-state index in [-0.39, 0.29) is 11.5 Å². The van der Waals surface area contributed by atoms with Gasteiger partial charge in [-0.25, -0.2) is 14.4 Å². The van der Waals surface area contributed by atoms with E-state index in [1.54, 1.807) is 25.1 Å². The van der Waals surface area contributed by atoms with Crippen LogP contribution in [0.5, 0.6) is 0 Å². The van der Waals surface area contributed by atoms with Gasteiger partial charge in [-0.05, 0) is 49.7 Å². The second-order valence-electron chi connectivity index (χ2n) is 6.54. The molecule has 148 valence electrons. The molecule has 0 aliphatic carbocycles. The molecule has 0 aliphatic heterocycles. The second-order valence-corrected chi connectivity index (χ2v) is 7.75. The maximum absolute atomic E-state index is 13.4. The first-order valence-corrected chi connectivity index (χ1v) is 9.52. The van der Waals surface area contributed by atoms with Crippen molar-refractivity contribution in [3.8, 4) is 11.1 Å². The number of aromatic nitrogens is 2. The summed E-state index contributed by atoms with van der Waals surface area (Å²) in [5, 5.41) is 3.71. The predicted molar refractivity (Wildman–Crippen MR) is 107 cm³/mol. The summed E-state index contributed by atoms with van der Waals surface area (Å²) in [6.07, 6.45) is -4.44. The number of fused-ring (bicyclic) bond motifs is 1. The molecule has 2 heterocycles. The van der Waals surface area contributed by atoms with Gasteiger partial charge in [0.25, 0.3) is 0 Å². The molecule has 0 bridgehead atoms. The Morgan fingerprint density at radius 2 is 1.69 bits per heavy atom. The van der Waals surface area contributed by atoms with Gasteiger partial charge in [-0.1, -0.05) is 18.2 Å². The average molecular weight is 417 g/mol. The molecule has 2 aromatic heterocycles. The fourth-order valence-corrected chi connectivity index (χ4v) is 4.27. The molecule has 0 fully saturated rings. The molecule has 0 atom stereocenters. The highest BCUT2D eigenvalue weighted by Crippen LogP contribution is 2.41. The molecule has 0 amide bonds. The van der Waals surface area contributed by atoms with Gasteiger partial charge in [-0.2, -0.15) is 13.2 Å². The number of halogens is 4. The minimum Gasteiger partial charge on any atom is -0.340 e. The molecular weight excluding hydrogens is 402 g/mol. The number of rotatable bonds is 3. The zero-order chi connectivity index (χ0) is 20.8. The van der Waals surface area contributed by atoms with Gasteiger partial charge in [0.15, 0.2) is 0 Å². The number of aryl methyl sites for hydroxylation is 2. The molecule has 4 rings (SSSR count). The smallest absolute Gasteiger partial charge is 0.340 e. The molecule has 29 heavy (non-hydrogen) atoms. The van der Waals surface area contributed by atoms with Crippen LogP contribution >= 0.6 is 11.3 Å². The van der Waals surface area contributed by atoms with Gasteiger partial charge in [0, 0.05) is 16.1 Å². The number of benzene rings is 2. The van der Waals surface area contributed by atoms with Crippen molar-refractivity contribution in [3.05, 3.63) is 70.6 Å². The van der Waals surface area contributed by atoms with Crippen LogP contribution in [0.15, 0.2) is 48.5 Å². The molecule has 0 unspecified atom stereocenters. The quantitative estimate of drug-likeness (QED) is 0.369. The Bertz CT molecular complexity index is 1200. The summed E-state index contributed by atoms with van der Waals surface area (Å²) < 4.78 is 52.6. The van der Waals surface area contributed by atoms with Crippen molar-refractivity contribution in [2.75, 3.05) is 5.32 Å². The number of nitrogens with one attached hydrogen (secondary N) is 1. The summed E-state index contributed by atoms with van der Waals surface area (Å²) in [5.41, 5.74) is 1.15. The highest BCUT2D eigenvalue weighted by atomic mass is 32.1. The van der Waals surface area contributed by atoms with Crippen molar-refractivity contribution in [1.29, 1.82) is 0 Å². The Balaban J connectivity index is 1.88. The fourth-order valence-electron chi connectivity index (χ4n) is 3.18. The number of hydrogen-bond donors (Lipinski definition) is 1. The third kappa shape index (κ3) is 3.80. The summed E-state index contributed by atoms with van der Waals surface area (Å²) >= 11 is 1.46. The molecule has 0 saturated heterocycles. The fraction of sp³-hybridized carbons (Fsp3) is 0.143. The van der Waals surface area contributed by atoms with Crippen molar-refractivity contribution in [3.63, 3.8) is 0 Å². The SMILES string of the molecule is Cc1nc(Nc2cccc(C(F)(F)F)c2)c2c(-c3ccc(F)cc3)c(C)sc2n1. The lowest BCUT2D eigenvalue weighted by molar-refractivity contribution is -0.137. The van der Waals surface area contributed by atoms with Crippen LogP contribution in [0.3, 0.4) is 0 Å².